The van der Waals surface area contributed by atoms with Gasteiger partial charge in [0.25, 0.3) is 0 Å². The third-order valence-electron chi connectivity index (χ3n) is 5.58. The molecular formula is C22H28FN5O. The lowest BCUT2D eigenvalue weighted by molar-refractivity contribution is 0.251. The number of ether oxygens (including phenoxy) is 1. The Labute approximate surface area is 170 Å². The second kappa shape index (κ2) is 8.78. The van der Waals surface area contributed by atoms with Gasteiger partial charge >= 0.3 is 0 Å². The number of piperazine rings is 1. The molecule has 0 unspecified atom stereocenters. The summed E-state index contributed by atoms with van der Waals surface area (Å²) >= 11 is 0. The summed E-state index contributed by atoms with van der Waals surface area (Å²) in [7, 11) is 1.64. The molecule has 7 heteroatoms. The number of benzene rings is 1. The van der Waals surface area contributed by atoms with Gasteiger partial charge < -0.3 is 14.6 Å². The van der Waals surface area contributed by atoms with Crippen LogP contribution in [-0.4, -0.2) is 59.7 Å². The van der Waals surface area contributed by atoms with E-state index in [9.17, 15) is 4.39 Å². The van der Waals surface area contributed by atoms with E-state index in [0.29, 0.717) is 5.88 Å². The van der Waals surface area contributed by atoms with Gasteiger partial charge in [-0.2, -0.15) is 4.98 Å². The molecule has 0 atom stereocenters. The molecule has 1 fully saturated rings. The Morgan fingerprint density at radius 2 is 1.93 bits per heavy atom. The number of aromatic amines is 1. The van der Waals surface area contributed by atoms with Crippen LogP contribution in [0.2, 0.25) is 0 Å². The van der Waals surface area contributed by atoms with Crippen molar-refractivity contribution in [3.05, 3.63) is 47.5 Å². The highest BCUT2D eigenvalue weighted by Gasteiger charge is 2.19. The van der Waals surface area contributed by atoms with Crippen molar-refractivity contribution in [2.24, 2.45) is 0 Å². The summed E-state index contributed by atoms with van der Waals surface area (Å²) in [6.45, 7) is 6.92. The lowest BCUT2D eigenvalue weighted by Gasteiger charge is -2.34. The maximum absolute atomic E-state index is 13.5. The predicted molar refractivity (Wildman–Crippen MR) is 113 cm³/mol. The summed E-state index contributed by atoms with van der Waals surface area (Å²) in [6.07, 6.45) is 5.22. The minimum absolute atomic E-state index is 0.175. The molecule has 29 heavy (non-hydrogen) atoms. The van der Waals surface area contributed by atoms with E-state index in [1.54, 1.807) is 19.2 Å². The van der Waals surface area contributed by atoms with Crippen molar-refractivity contribution in [3.8, 4) is 5.88 Å². The first-order valence-corrected chi connectivity index (χ1v) is 10.2. The van der Waals surface area contributed by atoms with Gasteiger partial charge in [0.05, 0.1) is 7.11 Å². The van der Waals surface area contributed by atoms with Crippen LogP contribution in [0.25, 0.3) is 10.9 Å². The largest absolute Gasteiger partial charge is 0.481 e. The first-order valence-electron chi connectivity index (χ1n) is 10.2. The van der Waals surface area contributed by atoms with Gasteiger partial charge in [-0.15, -0.1) is 0 Å². The Morgan fingerprint density at radius 3 is 2.72 bits per heavy atom. The van der Waals surface area contributed by atoms with Crippen molar-refractivity contribution >= 4 is 16.9 Å². The number of unbranched alkanes of at least 4 members (excludes halogenated alkanes) is 1. The van der Waals surface area contributed by atoms with E-state index in [1.807, 2.05) is 19.2 Å². The van der Waals surface area contributed by atoms with Crippen molar-refractivity contribution in [2.45, 2.75) is 26.2 Å². The Bertz CT molecular complexity index is 965. The number of rotatable bonds is 7. The number of anilines is 1. The molecule has 0 amide bonds. The number of nitrogens with zero attached hydrogens (tertiary/aromatic N) is 4. The Morgan fingerprint density at radius 1 is 1.10 bits per heavy atom. The topological polar surface area (TPSA) is 57.3 Å². The zero-order valence-corrected chi connectivity index (χ0v) is 17.1. The Hall–Kier alpha value is -2.67. The van der Waals surface area contributed by atoms with Crippen LogP contribution in [0.3, 0.4) is 0 Å². The summed E-state index contributed by atoms with van der Waals surface area (Å²) in [4.78, 5) is 17.0. The number of hydrogen-bond acceptors (Lipinski definition) is 5. The van der Waals surface area contributed by atoms with Crippen molar-refractivity contribution in [3.63, 3.8) is 0 Å². The number of methoxy groups -OCH3 is 1. The molecule has 0 saturated carbocycles. The zero-order chi connectivity index (χ0) is 20.2. The minimum Gasteiger partial charge on any atom is -0.481 e. The van der Waals surface area contributed by atoms with E-state index in [4.69, 9.17) is 4.74 Å². The van der Waals surface area contributed by atoms with Gasteiger partial charge in [0.1, 0.15) is 5.82 Å². The molecule has 1 saturated heterocycles. The van der Waals surface area contributed by atoms with E-state index in [1.165, 1.54) is 11.6 Å². The van der Waals surface area contributed by atoms with Gasteiger partial charge in [-0.25, -0.2) is 9.37 Å². The van der Waals surface area contributed by atoms with Gasteiger partial charge in [0, 0.05) is 55.0 Å². The lowest BCUT2D eigenvalue weighted by atomic mass is 10.1. The first-order chi connectivity index (χ1) is 14.1. The zero-order valence-electron chi connectivity index (χ0n) is 17.1. The standard InChI is InChI=1S/C22H28FN5O/c1-16-13-21(29-2)26-22(25-16)28-11-9-27(10-12-28)8-4-3-5-17-15-24-20-7-6-18(23)14-19(17)20/h6-7,13-15,24H,3-5,8-12H2,1-2H3. The minimum atomic E-state index is -0.175. The van der Waals surface area contributed by atoms with E-state index in [-0.39, 0.29) is 5.82 Å². The molecule has 1 N–H and O–H groups in total. The number of hydrogen-bond donors (Lipinski definition) is 1. The molecule has 0 bridgehead atoms. The summed E-state index contributed by atoms with van der Waals surface area (Å²) in [6, 6.07) is 6.78. The summed E-state index contributed by atoms with van der Waals surface area (Å²) in [5, 5.41) is 1.01. The van der Waals surface area contributed by atoms with Crippen molar-refractivity contribution < 1.29 is 9.13 Å². The maximum atomic E-state index is 13.5. The van der Waals surface area contributed by atoms with Gasteiger partial charge in [-0.05, 0) is 56.5 Å². The number of halogens is 1. The summed E-state index contributed by atoms with van der Waals surface area (Å²) < 4.78 is 18.8. The number of H-pyrrole nitrogens is 1. The predicted octanol–water partition coefficient (Wildman–Crippen LogP) is 3.56. The highest BCUT2D eigenvalue weighted by Crippen LogP contribution is 2.21. The van der Waals surface area contributed by atoms with E-state index >= 15 is 0 Å². The van der Waals surface area contributed by atoms with Crippen LogP contribution >= 0.6 is 0 Å². The number of nitrogens with one attached hydrogen (secondary N) is 1. The molecule has 0 aliphatic carbocycles. The van der Waals surface area contributed by atoms with Crippen LogP contribution in [0.4, 0.5) is 10.3 Å². The number of fused-ring (bicyclic) bond motifs is 1. The molecular weight excluding hydrogens is 369 g/mol. The smallest absolute Gasteiger partial charge is 0.228 e. The van der Waals surface area contributed by atoms with Gasteiger partial charge in [-0.3, -0.25) is 4.90 Å². The summed E-state index contributed by atoms with van der Waals surface area (Å²) in [5.41, 5.74) is 3.13. The Kier molecular flexibility index (Phi) is 5.94. The van der Waals surface area contributed by atoms with Gasteiger partial charge in [0.15, 0.2) is 0 Å². The molecule has 6 nitrogen and oxygen atoms in total. The molecule has 0 spiro atoms. The molecule has 2 aromatic heterocycles. The van der Waals surface area contributed by atoms with Crippen molar-refractivity contribution in [1.29, 1.82) is 0 Å². The van der Waals surface area contributed by atoms with Crippen LogP contribution in [-0.2, 0) is 6.42 Å². The normalized spacial score (nSPS) is 15.2. The maximum Gasteiger partial charge on any atom is 0.228 e. The second-order valence-corrected chi connectivity index (χ2v) is 7.64. The number of aromatic nitrogens is 3. The van der Waals surface area contributed by atoms with Crippen LogP contribution in [0.15, 0.2) is 30.5 Å². The fourth-order valence-corrected chi connectivity index (χ4v) is 3.95. The van der Waals surface area contributed by atoms with E-state index < -0.39 is 0 Å². The number of aryl methyl sites for hydroxylation is 2. The molecule has 1 aliphatic rings. The summed E-state index contributed by atoms with van der Waals surface area (Å²) in [5.74, 6) is 1.20. The third-order valence-corrected chi connectivity index (χ3v) is 5.58. The Balaban J connectivity index is 1.23. The molecule has 4 rings (SSSR count). The van der Waals surface area contributed by atoms with Crippen molar-refractivity contribution in [2.75, 3.05) is 44.7 Å². The highest BCUT2D eigenvalue weighted by atomic mass is 19.1. The van der Waals surface area contributed by atoms with E-state index in [0.717, 1.165) is 74.5 Å². The molecule has 154 valence electrons. The third kappa shape index (κ3) is 4.67. The first kappa shape index (κ1) is 19.6. The molecule has 1 aromatic carbocycles. The lowest BCUT2D eigenvalue weighted by Crippen LogP contribution is -2.47. The van der Waals surface area contributed by atoms with Crippen LogP contribution in [0.1, 0.15) is 24.1 Å². The quantitative estimate of drug-likeness (QED) is 0.618. The average molecular weight is 397 g/mol. The second-order valence-electron chi connectivity index (χ2n) is 7.64. The SMILES string of the molecule is COc1cc(C)nc(N2CCN(CCCCc3c[nH]c4ccc(F)cc34)CC2)n1. The van der Waals surface area contributed by atoms with Crippen LogP contribution in [0, 0.1) is 12.7 Å². The van der Waals surface area contributed by atoms with Gasteiger partial charge in [0.2, 0.25) is 11.8 Å². The van der Waals surface area contributed by atoms with E-state index in [2.05, 4.69) is 24.8 Å². The average Bonchev–Trinajstić information content (AvgIpc) is 3.13. The highest BCUT2D eigenvalue weighted by molar-refractivity contribution is 5.83. The molecule has 3 aromatic rings. The van der Waals surface area contributed by atoms with Crippen molar-refractivity contribution in [1.82, 2.24) is 19.9 Å². The van der Waals surface area contributed by atoms with Gasteiger partial charge in [-0.1, -0.05) is 0 Å². The molecule has 0 radical (unpaired) electrons. The fourth-order valence-electron chi connectivity index (χ4n) is 3.95. The van der Waals surface area contributed by atoms with Crippen LogP contribution in [0.5, 0.6) is 5.88 Å². The van der Waals surface area contributed by atoms with Crippen LogP contribution < -0.4 is 9.64 Å². The monoisotopic (exact) mass is 397 g/mol. The fraction of sp³-hybridized carbons (Fsp3) is 0.455. The molecule has 3 heterocycles. The molecule has 1 aliphatic heterocycles.